The van der Waals surface area contributed by atoms with Gasteiger partial charge in [0.1, 0.15) is 0 Å². The van der Waals surface area contributed by atoms with Crippen LogP contribution in [0.15, 0.2) is 18.2 Å². The quantitative estimate of drug-likeness (QED) is 0.844. The van der Waals surface area contributed by atoms with E-state index >= 15 is 0 Å². The van der Waals surface area contributed by atoms with E-state index in [1.54, 1.807) is 0 Å². The summed E-state index contributed by atoms with van der Waals surface area (Å²) in [6.07, 6.45) is 6.59. The molecule has 1 aliphatic heterocycles. The van der Waals surface area contributed by atoms with Gasteiger partial charge in [0, 0.05) is 30.6 Å². The van der Waals surface area contributed by atoms with Crippen LogP contribution in [0.5, 0.6) is 0 Å². The Morgan fingerprint density at radius 2 is 1.81 bits per heavy atom. The van der Waals surface area contributed by atoms with E-state index in [1.165, 1.54) is 12.0 Å². The van der Waals surface area contributed by atoms with Crippen molar-refractivity contribution in [1.29, 1.82) is 0 Å². The highest BCUT2D eigenvalue weighted by atomic mass is 16.2. The van der Waals surface area contributed by atoms with Crippen molar-refractivity contribution in [3.05, 3.63) is 29.3 Å². The van der Waals surface area contributed by atoms with E-state index < -0.39 is 0 Å². The van der Waals surface area contributed by atoms with Crippen LogP contribution in [-0.4, -0.2) is 29.8 Å². The summed E-state index contributed by atoms with van der Waals surface area (Å²) in [5.41, 5.74) is 3.28. The second kappa shape index (κ2) is 8.90. The Balaban J connectivity index is 1.54. The first-order valence-electron chi connectivity index (χ1n) is 10.7. The van der Waals surface area contributed by atoms with E-state index in [0.29, 0.717) is 11.8 Å². The molecule has 1 atom stereocenters. The van der Waals surface area contributed by atoms with Crippen LogP contribution >= 0.6 is 0 Å². The van der Waals surface area contributed by atoms with E-state index in [0.717, 1.165) is 62.9 Å². The molecule has 1 N–H and O–H groups in total. The number of aryl methyl sites for hydroxylation is 2. The summed E-state index contributed by atoms with van der Waals surface area (Å²) < 4.78 is 0. The zero-order chi connectivity index (χ0) is 19.4. The first-order valence-corrected chi connectivity index (χ1v) is 10.7. The minimum Gasteiger partial charge on any atom is -0.342 e. The van der Waals surface area contributed by atoms with E-state index in [-0.39, 0.29) is 17.7 Å². The van der Waals surface area contributed by atoms with Crippen molar-refractivity contribution in [3.8, 4) is 0 Å². The molecule has 0 spiro atoms. The first kappa shape index (κ1) is 19.9. The molecule has 1 heterocycles. The van der Waals surface area contributed by atoms with Crippen molar-refractivity contribution in [1.82, 2.24) is 4.90 Å². The molecule has 4 heteroatoms. The fraction of sp³-hybridized carbons (Fsp3) is 0.652. The van der Waals surface area contributed by atoms with E-state index in [1.807, 2.05) is 19.1 Å². The molecule has 3 rings (SSSR count). The molecule has 1 unspecified atom stereocenters. The SMILES string of the molecule is CCc1cccc(C)c1NC(=O)C1CCC(C(=O)N2CCCC(C)C2)CC1. The molecule has 1 aromatic rings. The maximum Gasteiger partial charge on any atom is 0.227 e. The average molecular weight is 371 g/mol. The highest BCUT2D eigenvalue weighted by Crippen LogP contribution is 2.32. The average Bonchev–Trinajstić information content (AvgIpc) is 2.69. The van der Waals surface area contributed by atoms with Crippen molar-refractivity contribution in [3.63, 3.8) is 0 Å². The van der Waals surface area contributed by atoms with Gasteiger partial charge in [-0.2, -0.15) is 0 Å². The molecule has 27 heavy (non-hydrogen) atoms. The lowest BCUT2D eigenvalue weighted by Gasteiger charge is -2.35. The van der Waals surface area contributed by atoms with Crippen LogP contribution in [-0.2, 0) is 16.0 Å². The van der Waals surface area contributed by atoms with Crippen LogP contribution in [0.1, 0.15) is 63.5 Å². The number of hydrogen-bond acceptors (Lipinski definition) is 2. The Kier molecular flexibility index (Phi) is 6.56. The van der Waals surface area contributed by atoms with Crippen molar-refractivity contribution in [2.24, 2.45) is 17.8 Å². The van der Waals surface area contributed by atoms with Gasteiger partial charge in [0.05, 0.1) is 0 Å². The van der Waals surface area contributed by atoms with Crippen LogP contribution in [0.3, 0.4) is 0 Å². The Hall–Kier alpha value is -1.84. The van der Waals surface area contributed by atoms with Gasteiger partial charge >= 0.3 is 0 Å². The van der Waals surface area contributed by atoms with Crippen LogP contribution in [0.2, 0.25) is 0 Å². The third kappa shape index (κ3) is 4.72. The lowest BCUT2D eigenvalue weighted by molar-refractivity contribution is -0.139. The molecule has 0 aromatic heterocycles. The summed E-state index contributed by atoms with van der Waals surface area (Å²) in [5, 5.41) is 3.18. The summed E-state index contributed by atoms with van der Waals surface area (Å²) in [4.78, 5) is 27.7. The maximum atomic E-state index is 12.8. The van der Waals surface area contributed by atoms with E-state index in [2.05, 4.69) is 30.1 Å². The van der Waals surface area contributed by atoms with Crippen molar-refractivity contribution in [2.45, 2.75) is 65.7 Å². The van der Waals surface area contributed by atoms with Gasteiger partial charge in [-0.15, -0.1) is 0 Å². The Morgan fingerprint density at radius 3 is 2.48 bits per heavy atom. The van der Waals surface area contributed by atoms with Crippen LogP contribution < -0.4 is 5.32 Å². The third-order valence-electron chi connectivity index (χ3n) is 6.40. The molecule has 1 saturated heterocycles. The van der Waals surface area contributed by atoms with Crippen LogP contribution in [0, 0.1) is 24.7 Å². The standard InChI is InChI=1S/C23H34N2O2/c1-4-18-9-5-8-17(3)21(18)24-22(26)19-10-12-20(13-11-19)23(27)25-14-6-7-16(2)15-25/h5,8-9,16,19-20H,4,6-7,10-15H2,1-3H3,(H,24,26). The van der Waals surface area contributed by atoms with E-state index in [4.69, 9.17) is 0 Å². The van der Waals surface area contributed by atoms with Gasteiger partial charge in [-0.1, -0.05) is 32.0 Å². The number of nitrogens with zero attached hydrogens (tertiary/aromatic N) is 1. The van der Waals surface area contributed by atoms with Crippen LogP contribution in [0.25, 0.3) is 0 Å². The predicted molar refractivity (Wildman–Crippen MR) is 110 cm³/mol. The molecule has 0 bridgehead atoms. The summed E-state index contributed by atoms with van der Waals surface area (Å²) >= 11 is 0. The number of piperidine rings is 1. The first-order chi connectivity index (χ1) is 13.0. The number of benzene rings is 1. The fourth-order valence-electron chi connectivity index (χ4n) is 4.68. The lowest BCUT2D eigenvalue weighted by Crippen LogP contribution is -2.43. The highest BCUT2D eigenvalue weighted by Gasteiger charge is 2.33. The van der Waals surface area contributed by atoms with E-state index in [9.17, 15) is 9.59 Å². The number of nitrogens with one attached hydrogen (secondary N) is 1. The van der Waals surface area contributed by atoms with Gasteiger partial charge < -0.3 is 10.2 Å². The summed E-state index contributed by atoms with van der Waals surface area (Å²) in [7, 11) is 0. The number of likely N-dealkylation sites (tertiary alicyclic amines) is 1. The second-order valence-electron chi connectivity index (χ2n) is 8.53. The number of para-hydroxylation sites is 1. The number of amides is 2. The molecule has 0 radical (unpaired) electrons. The van der Waals surface area contributed by atoms with Gasteiger partial charge in [0.2, 0.25) is 11.8 Å². The molecule has 1 aliphatic carbocycles. The van der Waals surface area contributed by atoms with Crippen molar-refractivity contribution < 1.29 is 9.59 Å². The van der Waals surface area contributed by atoms with Gasteiger partial charge in [-0.05, 0) is 68.9 Å². The third-order valence-corrected chi connectivity index (χ3v) is 6.40. The number of hydrogen-bond donors (Lipinski definition) is 1. The lowest BCUT2D eigenvalue weighted by atomic mass is 9.80. The number of anilines is 1. The molecular weight excluding hydrogens is 336 g/mol. The summed E-state index contributed by atoms with van der Waals surface area (Å²) in [6.45, 7) is 8.21. The van der Waals surface area contributed by atoms with Gasteiger partial charge in [-0.25, -0.2) is 0 Å². The minimum absolute atomic E-state index is 0.0265. The highest BCUT2D eigenvalue weighted by molar-refractivity contribution is 5.94. The topological polar surface area (TPSA) is 49.4 Å². The van der Waals surface area contributed by atoms with Gasteiger partial charge in [0.25, 0.3) is 0 Å². The number of carbonyl (C=O) groups is 2. The monoisotopic (exact) mass is 370 g/mol. The maximum absolute atomic E-state index is 12.8. The molecule has 2 amide bonds. The summed E-state index contributed by atoms with van der Waals surface area (Å²) in [6, 6.07) is 6.17. The largest absolute Gasteiger partial charge is 0.342 e. The molecule has 1 saturated carbocycles. The number of carbonyl (C=O) groups excluding carboxylic acids is 2. The zero-order valence-corrected chi connectivity index (χ0v) is 17.1. The zero-order valence-electron chi connectivity index (χ0n) is 17.1. The number of rotatable bonds is 4. The molecule has 2 aliphatic rings. The van der Waals surface area contributed by atoms with Crippen molar-refractivity contribution >= 4 is 17.5 Å². The molecule has 1 aromatic carbocycles. The van der Waals surface area contributed by atoms with Gasteiger partial charge in [-0.3, -0.25) is 9.59 Å². The Morgan fingerprint density at radius 1 is 1.11 bits per heavy atom. The van der Waals surface area contributed by atoms with Crippen molar-refractivity contribution in [2.75, 3.05) is 18.4 Å². The van der Waals surface area contributed by atoms with Crippen LogP contribution in [0.4, 0.5) is 5.69 Å². The Labute approximate surface area is 163 Å². The smallest absolute Gasteiger partial charge is 0.227 e. The fourth-order valence-corrected chi connectivity index (χ4v) is 4.68. The second-order valence-corrected chi connectivity index (χ2v) is 8.53. The van der Waals surface area contributed by atoms with Gasteiger partial charge in [0.15, 0.2) is 0 Å². The predicted octanol–water partition coefficient (Wildman–Crippen LogP) is 4.56. The normalized spacial score (nSPS) is 25.9. The molecule has 2 fully saturated rings. The molecular formula is C23H34N2O2. The summed E-state index contributed by atoms with van der Waals surface area (Å²) in [5.74, 6) is 1.21. The molecule has 148 valence electrons. The minimum atomic E-state index is 0.0265. The molecule has 4 nitrogen and oxygen atoms in total. The Bertz CT molecular complexity index is 677.